The van der Waals surface area contributed by atoms with Gasteiger partial charge in [-0.05, 0) is 33.0 Å². The standard InChI is InChI=1S/C9H18O.C6H15N/c1-3-4-5-6-7-8-9(2)10;1-4-7(5-2)6-3/h3-8H2,1-2H3;4-6H2,1-3H3. The minimum Gasteiger partial charge on any atom is -0.304 e. The molecule has 0 unspecified atom stereocenters. The van der Waals surface area contributed by atoms with E-state index in [4.69, 9.17) is 0 Å². The van der Waals surface area contributed by atoms with E-state index in [1.165, 1.54) is 45.3 Å². The lowest BCUT2D eigenvalue weighted by Gasteiger charge is -2.13. The van der Waals surface area contributed by atoms with Crippen LogP contribution in [0.3, 0.4) is 0 Å². The zero-order chi connectivity index (χ0) is 13.5. The maximum absolute atomic E-state index is 10.5. The molecule has 0 heterocycles. The molecule has 0 saturated heterocycles. The van der Waals surface area contributed by atoms with Gasteiger partial charge < -0.3 is 9.69 Å². The van der Waals surface area contributed by atoms with Crippen molar-refractivity contribution in [1.82, 2.24) is 4.90 Å². The van der Waals surface area contributed by atoms with E-state index in [-0.39, 0.29) is 0 Å². The molecule has 0 aromatic heterocycles. The van der Waals surface area contributed by atoms with Crippen LogP contribution in [-0.2, 0) is 4.79 Å². The maximum atomic E-state index is 10.5. The Labute approximate surface area is 109 Å². The van der Waals surface area contributed by atoms with Crippen molar-refractivity contribution in [2.24, 2.45) is 0 Å². The Morgan fingerprint density at radius 1 is 0.824 bits per heavy atom. The van der Waals surface area contributed by atoms with Crippen LogP contribution in [0.2, 0.25) is 0 Å². The molecule has 0 radical (unpaired) electrons. The van der Waals surface area contributed by atoms with Crippen LogP contribution < -0.4 is 0 Å². The minimum atomic E-state index is 0.330. The molecule has 0 aliphatic heterocycles. The average molecular weight is 243 g/mol. The summed E-state index contributed by atoms with van der Waals surface area (Å²) in [6, 6.07) is 0. The van der Waals surface area contributed by atoms with E-state index in [1.54, 1.807) is 6.92 Å². The molecule has 104 valence electrons. The van der Waals surface area contributed by atoms with Gasteiger partial charge in [-0.1, -0.05) is 53.4 Å². The Morgan fingerprint density at radius 2 is 1.29 bits per heavy atom. The van der Waals surface area contributed by atoms with E-state index < -0.39 is 0 Å². The highest BCUT2D eigenvalue weighted by atomic mass is 16.1. The molecule has 0 atom stereocenters. The molecule has 0 aromatic carbocycles. The Morgan fingerprint density at radius 3 is 1.59 bits per heavy atom. The van der Waals surface area contributed by atoms with Gasteiger partial charge in [0.1, 0.15) is 5.78 Å². The van der Waals surface area contributed by atoms with Crippen LogP contribution in [-0.4, -0.2) is 30.3 Å². The maximum Gasteiger partial charge on any atom is 0.129 e. The third-order valence-electron chi connectivity index (χ3n) is 2.97. The molecule has 17 heavy (non-hydrogen) atoms. The summed E-state index contributed by atoms with van der Waals surface area (Å²) in [5.74, 6) is 0.330. The Balaban J connectivity index is 0. The molecule has 0 aliphatic carbocycles. The molecule has 0 spiro atoms. The van der Waals surface area contributed by atoms with E-state index in [2.05, 4.69) is 32.6 Å². The number of carbonyl (C=O) groups is 1. The summed E-state index contributed by atoms with van der Waals surface area (Å²) in [5.41, 5.74) is 0. The van der Waals surface area contributed by atoms with E-state index in [0.717, 1.165) is 12.8 Å². The second-order valence-corrected chi connectivity index (χ2v) is 4.49. The van der Waals surface area contributed by atoms with Crippen molar-refractivity contribution in [3.63, 3.8) is 0 Å². The SMILES string of the molecule is CCCCCCCC(C)=O.CCN(CC)CC. The molecule has 0 rings (SSSR count). The fourth-order valence-electron chi connectivity index (χ4n) is 1.65. The van der Waals surface area contributed by atoms with Gasteiger partial charge in [-0.15, -0.1) is 0 Å². The van der Waals surface area contributed by atoms with Crippen LogP contribution in [0, 0.1) is 0 Å². The third kappa shape index (κ3) is 18.2. The first-order valence-electron chi connectivity index (χ1n) is 7.33. The molecule has 0 fully saturated rings. The lowest BCUT2D eigenvalue weighted by atomic mass is 10.1. The van der Waals surface area contributed by atoms with Crippen molar-refractivity contribution in [2.45, 2.75) is 73.1 Å². The van der Waals surface area contributed by atoms with Crippen LogP contribution >= 0.6 is 0 Å². The Kier molecular flexibility index (Phi) is 17.5. The number of hydrogen-bond donors (Lipinski definition) is 0. The molecule has 0 aliphatic rings. The first-order valence-corrected chi connectivity index (χ1v) is 7.33. The summed E-state index contributed by atoms with van der Waals surface area (Å²) in [4.78, 5) is 12.9. The molecule has 0 amide bonds. The molecule has 0 saturated carbocycles. The monoisotopic (exact) mass is 243 g/mol. The number of unbranched alkanes of at least 4 members (excludes halogenated alkanes) is 4. The molecule has 0 aromatic rings. The van der Waals surface area contributed by atoms with Crippen molar-refractivity contribution in [2.75, 3.05) is 19.6 Å². The topological polar surface area (TPSA) is 20.3 Å². The van der Waals surface area contributed by atoms with Crippen molar-refractivity contribution in [3.8, 4) is 0 Å². The van der Waals surface area contributed by atoms with Crippen molar-refractivity contribution in [3.05, 3.63) is 0 Å². The highest BCUT2D eigenvalue weighted by Crippen LogP contribution is 2.04. The van der Waals surface area contributed by atoms with Crippen LogP contribution in [0.5, 0.6) is 0 Å². The average Bonchev–Trinajstić information content (AvgIpc) is 2.31. The van der Waals surface area contributed by atoms with E-state index in [0.29, 0.717) is 5.78 Å². The predicted molar refractivity (Wildman–Crippen MR) is 77.5 cm³/mol. The Hall–Kier alpha value is -0.370. The van der Waals surface area contributed by atoms with Gasteiger partial charge in [0.2, 0.25) is 0 Å². The number of carbonyl (C=O) groups excluding carboxylic acids is 1. The smallest absolute Gasteiger partial charge is 0.129 e. The molecular formula is C15H33NO. The fourth-order valence-corrected chi connectivity index (χ4v) is 1.65. The molecular weight excluding hydrogens is 210 g/mol. The van der Waals surface area contributed by atoms with Gasteiger partial charge in [0.25, 0.3) is 0 Å². The summed E-state index contributed by atoms with van der Waals surface area (Å²) >= 11 is 0. The fraction of sp³-hybridized carbons (Fsp3) is 0.933. The first kappa shape index (κ1) is 19.0. The summed E-state index contributed by atoms with van der Waals surface area (Å²) in [6.45, 7) is 14.0. The quantitative estimate of drug-likeness (QED) is 0.563. The highest BCUT2D eigenvalue weighted by Gasteiger charge is 1.92. The van der Waals surface area contributed by atoms with Gasteiger partial charge in [-0.2, -0.15) is 0 Å². The molecule has 0 N–H and O–H groups in total. The van der Waals surface area contributed by atoms with E-state index in [9.17, 15) is 4.79 Å². The normalized spacial score (nSPS) is 10.0. The number of Topliss-reactive ketones (excluding diaryl/α,β-unsaturated/α-hetero) is 1. The van der Waals surface area contributed by atoms with Crippen LogP contribution in [0.1, 0.15) is 73.1 Å². The summed E-state index contributed by atoms with van der Waals surface area (Å²) in [6.07, 6.45) is 6.99. The lowest BCUT2D eigenvalue weighted by molar-refractivity contribution is -0.117. The second-order valence-electron chi connectivity index (χ2n) is 4.49. The van der Waals surface area contributed by atoms with Crippen LogP contribution in [0.15, 0.2) is 0 Å². The minimum absolute atomic E-state index is 0.330. The number of ketones is 1. The van der Waals surface area contributed by atoms with Crippen LogP contribution in [0.25, 0.3) is 0 Å². The zero-order valence-electron chi connectivity index (χ0n) is 12.7. The molecule has 2 nitrogen and oxygen atoms in total. The van der Waals surface area contributed by atoms with Crippen molar-refractivity contribution < 1.29 is 4.79 Å². The van der Waals surface area contributed by atoms with Crippen molar-refractivity contribution >= 4 is 5.78 Å². The second kappa shape index (κ2) is 15.6. The van der Waals surface area contributed by atoms with E-state index >= 15 is 0 Å². The van der Waals surface area contributed by atoms with Crippen molar-refractivity contribution in [1.29, 1.82) is 0 Å². The summed E-state index contributed by atoms with van der Waals surface area (Å²) < 4.78 is 0. The predicted octanol–water partition coefficient (Wildman–Crippen LogP) is 4.28. The van der Waals surface area contributed by atoms with Gasteiger partial charge in [-0.3, -0.25) is 0 Å². The molecule has 2 heteroatoms. The van der Waals surface area contributed by atoms with E-state index in [1.807, 2.05) is 0 Å². The number of nitrogens with zero attached hydrogens (tertiary/aromatic N) is 1. The number of rotatable bonds is 9. The summed E-state index contributed by atoms with van der Waals surface area (Å²) in [5, 5.41) is 0. The Bertz CT molecular complexity index is 147. The van der Waals surface area contributed by atoms with Gasteiger partial charge in [0.15, 0.2) is 0 Å². The lowest BCUT2D eigenvalue weighted by Crippen LogP contribution is -2.21. The molecule has 0 bridgehead atoms. The number of hydrogen-bond acceptors (Lipinski definition) is 2. The third-order valence-corrected chi connectivity index (χ3v) is 2.97. The zero-order valence-corrected chi connectivity index (χ0v) is 12.7. The first-order chi connectivity index (χ1) is 8.12. The van der Waals surface area contributed by atoms with Gasteiger partial charge in [0.05, 0.1) is 0 Å². The van der Waals surface area contributed by atoms with Crippen LogP contribution in [0.4, 0.5) is 0 Å². The van der Waals surface area contributed by atoms with Gasteiger partial charge in [0, 0.05) is 6.42 Å². The van der Waals surface area contributed by atoms with Gasteiger partial charge >= 0.3 is 0 Å². The van der Waals surface area contributed by atoms with Gasteiger partial charge in [-0.25, -0.2) is 0 Å². The highest BCUT2D eigenvalue weighted by molar-refractivity contribution is 5.75. The largest absolute Gasteiger partial charge is 0.304 e. The summed E-state index contributed by atoms with van der Waals surface area (Å²) in [7, 11) is 0.